The molecular weight excluding hydrogens is 305 g/mol. The Bertz CT molecular complexity index is 970. The predicted molar refractivity (Wildman–Crippen MR) is 89.0 cm³/mol. The van der Waals surface area contributed by atoms with Crippen LogP contribution < -0.4 is 0 Å². The normalized spacial score (nSPS) is 10.9. The van der Waals surface area contributed by atoms with E-state index in [1.165, 1.54) is 12.1 Å². The highest BCUT2D eigenvalue weighted by Crippen LogP contribution is 2.29. The molecule has 0 N–H and O–H groups in total. The van der Waals surface area contributed by atoms with Crippen molar-refractivity contribution in [2.45, 2.75) is 0 Å². The van der Waals surface area contributed by atoms with Crippen LogP contribution in [0.2, 0.25) is 0 Å². The average molecular weight is 319 g/mol. The van der Waals surface area contributed by atoms with Crippen LogP contribution in [-0.2, 0) is 7.05 Å². The molecule has 2 aromatic carbocycles. The molecule has 0 aliphatic carbocycles. The monoisotopic (exact) mass is 319 g/mol. The maximum absolute atomic E-state index is 13.2. The van der Waals surface area contributed by atoms with Crippen LogP contribution in [0.1, 0.15) is 0 Å². The first kappa shape index (κ1) is 14.3. The third kappa shape index (κ3) is 2.48. The lowest BCUT2D eigenvalue weighted by atomic mass is 10.1. The first-order valence-corrected chi connectivity index (χ1v) is 7.48. The van der Waals surface area contributed by atoms with Gasteiger partial charge in [0.1, 0.15) is 22.9 Å². The van der Waals surface area contributed by atoms with Crippen molar-refractivity contribution in [2.75, 3.05) is 0 Å². The molecular formula is C18H14FN5. The number of aryl methyl sites for hydroxylation is 1. The van der Waals surface area contributed by atoms with E-state index in [1.54, 1.807) is 23.1 Å². The largest absolute Gasteiger partial charge is 0.306 e. The van der Waals surface area contributed by atoms with Gasteiger partial charge in [-0.2, -0.15) is 0 Å². The third-order valence-electron chi connectivity index (χ3n) is 3.82. The van der Waals surface area contributed by atoms with E-state index >= 15 is 0 Å². The summed E-state index contributed by atoms with van der Waals surface area (Å²) in [6.45, 7) is 0. The zero-order valence-corrected chi connectivity index (χ0v) is 13.0. The molecule has 0 amide bonds. The molecule has 0 radical (unpaired) electrons. The van der Waals surface area contributed by atoms with Gasteiger partial charge in [-0.25, -0.2) is 14.1 Å². The number of para-hydroxylation sites is 1. The summed E-state index contributed by atoms with van der Waals surface area (Å²) in [4.78, 5) is 4.49. The van der Waals surface area contributed by atoms with Gasteiger partial charge in [-0.15, -0.1) is 5.10 Å². The minimum absolute atomic E-state index is 0.280. The summed E-state index contributed by atoms with van der Waals surface area (Å²) in [5.41, 5.74) is 4.04. The van der Waals surface area contributed by atoms with Gasteiger partial charge in [0.2, 0.25) is 0 Å². The minimum Gasteiger partial charge on any atom is -0.306 e. The van der Waals surface area contributed by atoms with Gasteiger partial charge in [0.05, 0.1) is 6.33 Å². The van der Waals surface area contributed by atoms with Crippen LogP contribution in [-0.4, -0.2) is 24.5 Å². The van der Waals surface area contributed by atoms with Crippen molar-refractivity contribution in [3.05, 3.63) is 72.9 Å². The summed E-state index contributed by atoms with van der Waals surface area (Å²) in [5, 5.41) is 8.31. The second-order valence-corrected chi connectivity index (χ2v) is 5.42. The lowest BCUT2D eigenvalue weighted by molar-refractivity contribution is 0.628. The van der Waals surface area contributed by atoms with E-state index in [0.29, 0.717) is 5.69 Å². The van der Waals surface area contributed by atoms with Gasteiger partial charge in [0, 0.05) is 24.5 Å². The summed E-state index contributed by atoms with van der Waals surface area (Å²) in [5.74, 6) is -0.280. The van der Waals surface area contributed by atoms with E-state index in [0.717, 1.165) is 22.6 Å². The van der Waals surface area contributed by atoms with Crippen molar-refractivity contribution in [3.8, 4) is 28.3 Å². The topological polar surface area (TPSA) is 48.5 Å². The summed E-state index contributed by atoms with van der Waals surface area (Å²) in [6.07, 6.45) is 3.69. The number of aromatic nitrogens is 5. The number of imidazole rings is 1. The fourth-order valence-corrected chi connectivity index (χ4v) is 2.63. The van der Waals surface area contributed by atoms with Crippen molar-refractivity contribution in [1.29, 1.82) is 0 Å². The van der Waals surface area contributed by atoms with E-state index in [9.17, 15) is 4.39 Å². The molecule has 0 saturated carbocycles. The quantitative estimate of drug-likeness (QED) is 0.581. The van der Waals surface area contributed by atoms with Gasteiger partial charge in [0.15, 0.2) is 0 Å². The van der Waals surface area contributed by atoms with E-state index in [1.807, 2.05) is 48.1 Å². The number of hydrogen-bond acceptors (Lipinski definition) is 3. The highest BCUT2D eigenvalue weighted by molar-refractivity contribution is 5.75. The molecule has 2 heterocycles. The zero-order valence-electron chi connectivity index (χ0n) is 13.0. The molecule has 0 aliphatic heterocycles. The van der Waals surface area contributed by atoms with Crippen molar-refractivity contribution in [1.82, 2.24) is 24.5 Å². The van der Waals surface area contributed by atoms with Crippen LogP contribution in [0.4, 0.5) is 4.39 Å². The number of hydrogen-bond donors (Lipinski definition) is 0. The van der Waals surface area contributed by atoms with Gasteiger partial charge in [-0.1, -0.05) is 23.4 Å². The third-order valence-corrected chi connectivity index (χ3v) is 3.82. The lowest BCUT2D eigenvalue weighted by Gasteiger charge is -2.02. The summed E-state index contributed by atoms with van der Waals surface area (Å²) in [7, 11) is 1.82. The number of rotatable bonds is 3. The van der Waals surface area contributed by atoms with Crippen LogP contribution >= 0.6 is 0 Å². The Kier molecular flexibility index (Phi) is 3.42. The van der Waals surface area contributed by atoms with Crippen molar-refractivity contribution < 1.29 is 4.39 Å². The standard InChI is InChI=1S/C18H14FN5/c1-23-18(17(21-22-23)13-7-9-14(19)10-8-13)16-11-24(12-20-16)15-5-3-2-4-6-15/h2-12H,1H3. The van der Waals surface area contributed by atoms with Gasteiger partial charge in [-0.05, 0) is 36.4 Å². The number of nitrogens with zero attached hydrogens (tertiary/aromatic N) is 5. The fourth-order valence-electron chi connectivity index (χ4n) is 2.63. The molecule has 24 heavy (non-hydrogen) atoms. The van der Waals surface area contributed by atoms with Crippen molar-refractivity contribution in [2.24, 2.45) is 7.05 Å². The maximum Gasteiger partial charge on any atom is 0.123 e. The molecule has 0 fully saturated rings. The van der Waals surface area contributed by atoms with Crippen LogP contribution in [0.25, 0.3) is 28.3 Å². The lowest BCUT2D eigenvalue weighted by Crippen LogP contribution is -1.95. The van der Waals surface area contributed by atoms with E-state index in [-0.39, 0.29) is 5.82 Å². The summed E-state index contributed by atoms with van der Waals surface area (Å²) < 4.78 is 16.8. The molecule has 4 aromatic rings. The molecule has 2 aromatic heterocycles. The Morgan fingerprint density at radius 3 is 2.46 bits per heavy atom. The molecule has 0 spiro atoms. The molecule has 118 valence electrons. The van der Waals surface area contributed by atoms with E-state index in [4.69, 9.17) is 0 Å². The second-order valence-electron chi connectivity index (χ2n) is 5.42. The van der Waals surface area contributed by atoms with Gasteiger partial charge >= 0.3 is 0 Å². The van der Waals surface area contributed by atoms with Crippen LogP contribution in [0.5, 0.6) is 0 Å². The highest BCUT2D eigenvalue weighted by Gasteiger charge is 2.17. The van der Waals surface area contributed by atoms with Crippen LogP contribution in [0, 0.1) is 5.82 Å². The molecule has 0 unspecified atom stereocenters. The second kappa shape index (κ2) is 5.73. The molecule has 4 rings (SSSR count). The number of benzene rings is 2. The first-order chi connectivity index (χ1) is 11.7. The predicted octanol–water partition coefficient (Wildman–Crippen LogP) is 3.47. The van der Waals surface area contributed by atoms with Gasteiger partial charge in [-0.3, -0.25) is 0 Å². The van der Waals surface area contributed by atoms with Gasteiger partial charge in [0.25, 0.3) is 0 Å². The first-order valence-electron chi connectivity index (χ1n) is 7.48. The SMILES string of the molecule is Cn1nnc(-c2ccc(F)cc2)c1-c1cn(-c2ccccc2)cn1. The van der Waals surface area contributed by atoms with Crippen molar-refractivity contribution >= 4 is 0 Å². The summed E-state index contributed by atoms with van der Waals surface area (Å²) in [6, 6.07) is 16.1. The summed E-state index contributed by atoms with van der Waals surface area (Å²) >= 11 is 0. The Balaban J connectivity index is 1.79. The number of halogens is 1. The molecule has 0 bridgehead atoms. The van der Waals surface area contributed by atoms with E-state index < -0.39 is 0 Å². The van der Waals surface area contributed by atoms with E-state index in [2.05, 4.69) is 15.3 Å². The molecule has 0 saturated heterocycles. The molecule has 5 nitrogen and oxygen atoms in total. The molecule has 0 aliphatic rings. The van der Waals surface area contributed by atoms with Crippen LogP contribution in [0.15, 0.2) is 67.1 Å². The van der Waals surface area contributed by atoms with Crippen LogP contribution in [0.3, 0.4) is 0 Å². The average Bonchev–Trinajstić information content (AvgIpc) is 3.23. The Morgan fingerprint density at radius 1 is 0.958 bits per heavy atom. The zero-order chi connectivity index (χ0) is 16.5. The minimum atomic E-state index is -0.280. The molecule has 6 heteroatoms. The Labute approximate surface area is 138 Å². The maximum atomic E-state index is 13.2. The Hall–Kier alpha value is -3.28. The highest BCUT2D eigenvalue weighted by atomic mass is 19.1. The van der Waals surface area contributed by atoms with Gasteiger partial charge < -0.3 is 4.57 Å². The Morgan fingerprint density at radius 2 is 1.71 bits per heavy atom. The fraction of sp³-hybridized carbons (Fsp3) is 0.0556. The smallest absolute Gasteiger partial charge is 0.123 e. The molecule has 0 atom stereocenters. The van der Waals surface area contributed by atoms with Crippen molar-refractivity contribution in [3.63, 3.8) is 0 Å².